The molecule has 2 N–H and O–H groups in total. The van der Waals surface area contributed by atoms with E-state index in [0.29, 0.717) is 17.5 Å². The number of nitrogens with one attached hydrogen (secondary N) is 2. The molecule has 0 saturated carbocycles. The van der Waals surface area contributed by atoms with Gasteiger partial charge in [0.1, 0.15) is 12.1 Å². The Kier molecular flexibility index (Phi) is 5.65. The Bertz CT molecular complexity index is 656. The van der Waals surface area contributed by atoms with Gasteiger partial charge >= 0.3 is 0 Å². The lowest BCUT2D eigenvalue weighted by atomic mass is 10.2. The fourth-order valence-electron chi connectivity index (χ4n) is 2.51. The molecule has 0 spiro atoms. The maximum Gasteiger partial charge on any atom is 0.230 e. The van der Waals surface area contributed by atoms with E-state index in [2.05, 4.69) is 42.3 Å². The third-order valence-electron chi connectivity index (χ3n) is 3.88. The SMILES string of the molecule is CN1CCN(c2ncccc2CNC(=O)CSc2ncn[nH]2)CC1. The monoisotopic (exact) mass is 347 g/mol. The Morgan fingerprint density at radius 3 is 2.92 bits per heavy atom. The summed E-state index contributed by atoms with van der Waals surface area (Å²) in [6.45, 7) is 4.43. The molecule has 2 aromatic heterocycles. The standard InChI is InChI=1S/C15H21N7OS/c1-21-5-7-22(8-6-21)14-12(3-2-4-16-14)9-17-13(23)10-24-15-18-11-19-20-15/h2-4,11H,5-10H2,1H3,(H,17,23)(H,18,19,20). The first-order valence-corrected chi connectivity index (χ1v) is 8.83. The summed E-state index contributed by atoms with van der Waals surface area (Å²) in [6, 6.07) is 3.93. The molecule has 1 saturated heterocycles. The number of H-pyrrole nitrogens is 1. The van der Waals surface area contributed by atoms with Gasteiger partial charge in [-0.25, -0.2) is 9.97 Å². The summed E-state index contributed by atoms with van der Waals surface area (Å²) in [5.74, 6) is 1.23. The van der Waals surface area contributed by atoms with Crippen molar-refractivity contribution in [1.29, 1.82) is 0 Å². The van der Waals surface area contributed by atoms with Crippen LogP contribution in [-0.4, -0.2) is 70.0 Å². The van der Waals surface area contributed by atoms with Crippen LogP contribution in [0.1, 0.15) is 5.56 Å². The Morgan fingerprint density at radius 2 is 2.17 bits per heavy atom. The van der Waals surface area contributed by atoms with Crippen molar-refractivity contribution in [2.45, 2.75) is 11.7 Å². The van der Waals surface area contributed by atoms with Crippen molar-refractivity contribution < 1.29 is 4.79 Å². The molecule has 0 bridgehead atoms. The van der Waals surface area contributed by atoms with Crippen LogP contribution < -0.4 is 10.2 Å². The predicted octanol–water partition coefficient (Wildman–Crippen LogP) is 0.360. The lowest BCUT2D eigenvalue weighted by Crippen LogP contribution is -2.45. The second-order valence-corrected chi connectivity index (χ2v) is 6.60. The van der Waals surface area contributed by atoms with Crippen molar-refractivity contribution >= 4 is 23.5 Å². The maximum atomic E-state index is 12.0. The minimum Gasteiger partial charge on any atom is -0.354 e. The van der Waals surface area contributed by atoms with Crippen LogP contribution >= 0.6 is 11.8 Å². The number of carbonyl (C=O) groups excluding carboxylic acids is 1. The van der Waals surface area contributed by atoms with Gasteiger partial charge in [0, 0.05) is 44.5 Å². The summed E-state index contributed by atoms with van der Waals surface area (Å²) in [7, 11) is 2.13. The minimum absolute atomic E-state index is 0.0374. The van der Waals surface area contributed by atoms with E-state index in [1.165, 1.54) is 18.1 Å². The van der Waals surface area contributed by atoms with Gasteiger partial charge in [0.2, 0.25) is 5.91 Å². The maximum absolute atomic E-state index is 12.0. The van der Waals surface area contributed by atoms with Gasteiger partial charge in [-0.3, -0.25) is 9.89 Å². The highest BCUT2D eigenvalue weighted by molar-refractivity contribution is 7.99. The number of pyridine rings is 1. The Labute approximate surface area is 145 Å². The third kappa shape index (κ3) is 4.45. The lowest BCUT2D eigenvalue weighted by Gasteiger charge is -2.34. The molecule has 0 atom stereocenters. The molecular formula is C15H21N7OS. The smallest absolute Gasteiger partial charge is 0.230 e. The zero-order chi connectivity index (χ0) is 16.8. The number of aromatic amines is 1. The van der Waals surface area contributed by atoms with Crippen LogP contribution in [0, 0.1) is 0 Å². The second-order valence-electron chi connectivity index (χ2n) is 5.63. The molecule has 24 heavy (non-hydrogen) atoms. The summed E-state index contributed by atoms with van der Waals surface area (Å²) >= 11 is 1.33. The van der Waals surface area contributed by atoms with E-state index < -0.39 is 0 Å². The number of amides is 1. The van der Waals surface area contributed by atoms with Crippen molar-refractivity contribution in [1.82, 2.24) is 30.4 Å². The first-order chi connectivity index (χ1) is 11.7. The zero-order valence-corrected chi connectivity index (χ0v) is 14.4. The molecule has 1 amide bonds. The highest BCUT2D eigenvalue weighted by atomic mass is 32.2. The zero-order valence-electron chi connectivity index (χ0n) is 13.6. The van der Waals surface area contributed by atoms with Crippen molar-refractivity contribution in [2.24, 2.45) is 0 Å². The number of rotatable bonds is 6. The average Bonchev–Trinajstić information content (AvgIpc) is 3.13. The Hall–Kier alpha value is -2.13. The van der Waals surface area contributed by atoms with E-state index in [1.54, 1.807) is 6.20 Å². The number of thioether (sulfide) groups is 1. The van der Waals surface area contributed by atoms with E-state index >= 15 is 0 Å². The molecule has 1 aliphatic rings. The number of hydrogen-bond acceptors (Lipinski definition) is 7. The van der Waals surface area contributed by atoms with Crippen LogP contribution in [0.25, 0.3) is 0 Å². The molecule has 9 heteroatoms. The predicted molar refractivity (Wildman–Crippen MR) is 92.9 cm³/mol. The van der Waals surface area contributed by atoms with Crippen LogP contribution in [0.2, 0.25) is 0 Å². The molecule has 2 aromatic rings. The van der Waals surface area contributed by atoms with Crippen molar-refractivity contribution in [3.63, 3.8) is 0 Å². The molecule has 3 rings (SSSR count). The summed E-state index contributed by atoms with van der Waals surface area (Å²) in [4.78, 5) is 25.1. The molecule has 3 heterocycles. The number of nitrogens with zero attached hydrogens (tertiary/aromatic N) is 5. The molecule has 8 nitrogen and oxygen atoms in total. The molecule has 0 aliphatic carbocycles. The van der Waals surface area contributed by atoms with Crippen LogP contribution in [-0.2, 0) is 11.3 Å². The number of anilines is 1. The molecule has 1 aliphatic heterocycles. The highest BCUT2D eigenvalue weighted by Gasteiger charge is 2.18. The fraction of sp³-hybridized carbons (Fsp3) is 0.467. The van der Waals surface area contributed by atoms with Gasteiger partial charge in [-0.1, -0.05) is 17.8 Å². The van der Waals surface area contributed by atoms with Gasteiger partial charge < -0.3 is 15.1 Å². The van der Waals surface area contributed by atoms with E-state index in [-0.39, 0.29) is 5.91 Å². The lowest BCUT2D eigenvalue weighted by molar-refractivity contribution is -0.118. The van der Waals surface area contributed by atoms with Gasteiger partial charge in [-0.15, -0.1) is 0 Å². The van der Waals surface area contributed by atoms with Crippen molar-refractivity contribution in [2.75, 3.05) is 43.9 Å². The second kappa shape index (κ2) is 8.11. The molecule has 0 radical (unpaired) electrons. The van der Waals surface area contributed by atoms with Crippen LogP contribution in [0.15, 0.2) is 29.8 Å². The van der Waals surface area contributed by atoms with Crippen LogP contribution in [0.5, 0.6) is 0 Å². The first kappa shape index (κ1) is 16.7. The van der Waals surface area contributed by atoms with E-state index in [1.807, 2.05) is 12.1 Å². The summed E-state index contributed by atoms with van der Waals surface area (Å²) < 4.78 is 0. The third-order valence-corrected chi connectivity index (χ3v) is 4.76. The molecule has 0 aromatic carbocycles. The van der Waals surface area contributed by atoms with Gasteiger partial charge in [-0.05, 0) is 13.1 Å². The average molecular weight is 347 g/mol. The number of hydrogen-bond donors (Lipinski definition) is 2. The van der Waals surface area contributed by atoms with Crippen LogP contribution in [0.3, 0.4) is 0 Å². The molecule has 1 fully saturated rings. The van der Waals surface area contributed by atoms with Gasteiger partial charge in [-0.2, -0.15) is 5.10 Å². The Balaban J connectivity index is 1.54. The number of aromatic nitrogens is 4. The van der Waals surface area contributed by atoms with E-state index in [4.69, 9.17) is 0 Å². The van der Waals surface area contributed by atoms with Crippen LogP contribution in [0.4, 0.5) is 5.82 Å². The largest absolute Gasteiger partial charge is 0.354 e. The van der Waals surface area contributed by atoms with E-state index in [0.717, 1.165) is 37.6 Å². The number of likely N-dealkylation sites (N-methyl/N-ethyl adjacent to an activating group) is 1. The number of carbonyl (C=O) groups is 1. The van der Waals surface area contributed by atoms with Gasteiger partial charge in [0.05, 0.1) is 5.75 Å². The normalized spacial score (nSPS) is 15.5. The first-order valence-electron chi connectivity index (χ1n) is 7.84. The summed E-state index contributed by atoms with van der Waals surface area (Å²) in [6.07, 6.45) is 3.23. The fourth-order valence-corrected chi connectivity index (χ4v) is 3.12. The summed E-state index contributed by atoms with van der Waals surface area (Å²) in [5, 5.41) is 10.1. The summed E-state index contributed by atoms with van der Waals surface area (Å²) in [5.41, 5.74) is 1.04. The Morgan fingerprint density at radius 1 is 1.33 bits per heavy atom. The molecule has 128 valence electrons. The van der Waals surface area contributed by atoms with Gasteiger partial charge in [0.25, 0.3) is 0 Å². The van der Waals surface area contributed by atoms with Gasteiger partial charge in [0.15, 0.2) is 5.16 Å². The van der Waals surface area contributed by atoms with Crippen molar-refractivity contribution in [3.8, 4) is 0 Å². The topological polar surface area (TPSA) is 90.0 Å². The van der Waals surface area contributed by atoms with E-state index in [9.17, 15) is 4.79 Å². The number of piperazine rings is 1. The molecular weight excluding hydrogens is 326 g/mol. The molecule has 0 unspecified atom stereocenters. The minimum atomic E-state index is -0.0374. The van der Waals surface area contributed by atoms with Crippen molar-refractivity contribution in [3.05, 3.63) is 30.2 Å². The highest BCUT2D eigenvalue weighted by Crippen LogP contribution is 2.18. The quantitative estimate of drug-likeness (QED) is 0.729.